The Bertz CT molecular complexity index is 400. The van der Waals surface area contributed by atoms with Crippen molar-refractivity contribution in [2.75, 3.05) is 0 Å². The highest BCUT2D eigenvalue weighted by atomic mass is 79.9. The lowest BCUT2D eigenvalue weighted by Crippen LogP contribution is -2.25. The molecule has 0 aromatic heterocycles. The first-order chi connectivity index (χ1) is 7.41. The highest BCUT2D eigenvalue weighted by Crippen LogP contribution is 2.27. The van der Waals surface area contributed by atoms with Gasteiger partial charge in [0.25, 0.3) is 0 Å². The van der Waals surface area contributed by atoms with Gasteiger partial charge in [-0.15, -0.1) is 0 Å². The van der Waals surface area contributed by atoms with E-state index in [1.54, 1.807) is 12.1 Å². The molecule has 0 saturated carbocycles. The summed E-state index contributed by atoms with van der Waals surface area (Å²) in [6.07, 6.45) is -2.71. The summed E-state index contributed by atoms with van der Waals surface area (Å²) in [6, 6.07) is 4.77. The van der Waals surface area contributed by atoms with Crippen LogP contribution in [0.3, 0.4) is 0 Å². The number of carbonyl (C=O) groups is 1. The molecular weight excluding hydrogens is 297 g/mol. The number of hydrogen-bond donors (Lipinski definition) is 3. The Morgan fingerprint density at radius 3 is 2.62 bits per heavy atom. The first kappa shape index (κ1) is 13.4. The topological polar surface area (TPSA) is 83.6 Å². The van der Waals surface area contributed by atoms with Crippen LogP contribution in [0, 0.1) is 0 Å². The summed E-state index contributed by atoms with van der Waals surface area (Å²) < 4.78 is 0.689. The highest BCUT2D eigenvalue weighted by Gasteiger charge is 2.20. The zero-order chi connectivity index (χ0) is 12.3. The molecule has 0 aliphatic rings. The zero-order valence-corrected chi connectivity index (χ0v) is 10.6. The number of aliphatic hydroxyl groups is 2. The molecule has 0 fully saturated rings. The summed E-state index contributed by atoms with van der Waals surface area (Å²) in [4.78, 5) is 10.6. The third kappa shape index (κ3) is 3.45. The fraction of sp³-hybridized carbons (Fsp3) is 0.300. The van der Waals surface area contributed by atoms with E-state index in [0.717, 1.165) is 0 Å². The van der Waals surface area contributed by atoms with Crippen LogP contribution in [-0.2, 0) is 4.79 Å². The Morgan fingerprint density at radius 1 is 1.50 bits per heavy atom. The smallest absolute Gasteiger partial charge is 0.220 e. The summed E-state index contributed by atoms with van der Waals surface area (Å²) in [5.41, 5.74) is 5.35. The number of nitrogens with two attached hydrogens (primary N) is 1. The van der Waals surface area contributed by atoms with E-state index in [2.05, 4.69) is 15.9 Å². The van der Waals surface area contributed by atoms with Crippen molar-refractivity contribution in [2.24, 2.45) is 5.73 Å². The van der Waals surface area contributed by atoms with Crippen molar-refractivity contribution in [3.8, 4) is 0 Å². The van der Waals surface area contributed by atoms with Gasteiger partial charge in [-0.05, 0) is 33.6 Å². The summed E-state index contributed by atoms with van der Waals surface area (Å²) in [5.74, 6) is -0.672. The van der Waals surface area contributed by atoms with E-state index >= 15 is 0 Å². The minimum absolute atomic E-state index is 0.297. The van der Waals surface area contributed by atoms with Gasteiger partial charge in [-0.1, -0.05) is 17.7 Å². The van der Waals surface area contributed by atoms with Gasteiger partial charge in [0.05, 0.1) is 17.5 Å². The molecule has 1 rings (SSSR count). The number of hydrogen-bond acceptors (Lipinski definition) is 3. The molecule has 0 heterocycles. The molecule has 4 nitrogen and oxygen atoms in total. The lowest BCUT2D eigenvalue weighted by molar-refractivity contribution is -0.121. The Labute approximate surface area is 106 Å². The highest BCUT2D eigenvalue weighted by molar-refractivity contribution is 9.10. The number of primary amides is 1. The molecule has 1 aromatic carbocycles. The van der Waals surface area contributed by atoms with Gasteiger partial charge >= 0.3 is 0 Å². The number of rotatable bonds is 4. The van der Waals surface area contributed by atoms with Crippen LogP contribution in [0.2, 0.25) is 5.02 Å². The lowest BCUT2D eigenvalue weighted by atomic mass is 10.0. The van der Waals surface area contributed by atoms with Crippen molar-refractivity contribution in [1.29, 1.82) is 0 Å². The predicted molar refractivity (Wildman–Crippen MR) is 63.9 cm³/mol. The van der Waals surface area contributed by atoms with Crippen LogP contribution in [-0.4, -0.2) is 22.2 Å². The van der Waals surface area contributed by atoms with Crippen LogP contribution in [0.5, 0.6) is 0 Å². The molecular formula is C10H11BrClNO3. The fourth-order valence-corrected chi connectivity index (χ4v) is 1.67. The number of halogens is 2. The Balaban J connectivity index is 2.83. The van der Waals surface area contributed by atoms with E-state index < -0.39 is 18.1 Å². The molecule has 1 amide bonds. The van der Waals surface area contributed by atoms with Crippen LogP contribution in [0.15, 0.2) is 22.7 Å². The van der Waals surface area contributed by atoms with Crippen molar-refractivity contribution in [2.45, 2.75) is 18.6 Å². The van der Waals surface area contributed by atoms with E-state index in [0.29, 0.717) is 15.1 Å². The van der Waals surface area contributed by atoms with Crippen LogP contribution in [0.4, 0.5) is 0 Å². The maximum Gasteiger partial charge on any atom is 0.220 e. The zero-order valence-electron chi connectivity index (χ0n) is 8.23. The summed E-state index contributed by atoms with van der Waals surface area (Å²) in [6.45, 7) is 0. The number of carbonyl (C=O) groups excluding carboxylic acids is 1. The maximum absolute atomic E-state index is 10.6. The van der Waals surface area contributed by atoms with Gasteiger partial charge in [0, 0.05) is 4.47 Å². The van der Waals surface area contributed by atoms with Crippen LogP contribution in [0.1, 0.15) is 18.1 Å². The van der Waals surface area contributed by atoms with Gasteiger partial charge in [0.15, 0.2) is 0 Å². The van der Waals surface area contributed by atoms with Crippen molar-refractivity contribution in [3.63, 3.8) is 0 Å². The first-order valence-corrected chi connectivity index (χ1v) is 5.68. The SMILES string of the molecule is NC(=O)CC(O)C(O)c1ccc(Br)c(Cl)c1. The molecule has 0 radical (unpaired) electrons. The lowest BCUT2D eigenvalue weighted by Gasteiger charge is -2.17. The van der Waals surface area contributed by atoms with E-state index in [4.69, 9.17) is 17.3 Å². The quantitative estimate of drug-likeness (QED) is 0.785. The Morgan fingerprint density at radius 2 is 2.12 bits per heavy atom. The number of aliphatic hydroxyl groups excluding tert-OH is 2. The summed E-state index contributed by atoms with van der Waals surface area (Å²) in [5, 5.41) is 19.6. The standard InChI is InChI=1S/C10H11BrClNO3/c11-6-2-1-5(3-7(6)12)10(16)8(14)4-9(13)15/h1-3,8,10,14,16H,4H2,(H2,13,15). The molecule has 0 aliphatic carbocycles. The third-order valence-electron chi connectivity index (χ3n) is 2.06. The molecule has 0 bridgehead atoms. The molecule has 0 aliphatic heterocycles. The molecule has 16 heavy (non-hydrogen) atoms. The molecule has 88 valence electrons. The third-order valence-corrected chi connectivity index (χ3v) is 3.29. The predicted octanol–water partition coefficient (Wildman–Crippen LogP) is 1.37. The second kappa shape index (κ2) is 5.63. The Kier molecular flexibility index (Phi) is 4.73. The van der Waals surface area contributed by atoms with Crippen LogP contribution in [0.25, 0.3) is 0 Å². The number of benzene rings is 1. The number of amides is 1. The van der Waals surface area contributed by atoms with Crippen molar-refractivity contribution in [1.82, 2.24) is 0 Å². The van der Waals surface area contributed by atoms with Gasteiger partial charge in [0.1, 0.15) is 6.10 Å². The molecule has 1 aromatic rings. The first-order valence-electron chi connectivity index (χ1n) is 4.51. The average Bonchev–Trinajstić information content (AvgIpc) is 2.20. The van der Waals surface area contributed by atoms with Gasteiger partial charge in [-0.3, -0.25) is 4.79 Å². The summed E-state index contributed by atoms with van der Waals surface area (Å²) in [7, 11) is 0. The second-order valence-corrected chi connectivity index (χ2v) is 4.62. The van der Waals surface area contributed by atoms with Crippen molar-refractivity contribution < 1.29 is 15.0 Å². The van der Waals surface area contributed by atoms with Crippen molar-refractivity contribution in [3.05, 3.63) is 33.3 Å². The fourth-order valence-electron chi connectivity index (χ4n) is 1.24. The van der Waals surface area contributed by atoms with Gasteiger partial charge in [-0.25, -0.2) is 0 Å². The molecule has 0 saturated heterocycles. The molecule has 0 spiro atoms. The average molecular weight is 309 g/mol. The molecule has 6 heteroatoms. The van der Waals surface area contributed by atoms with E-state index in [1.165, 1.54) is 6.07 Å². The van der Waals surface area contributed by atoms with E-state index in [-0.39, 0.29) is 6.42 Å². The largest absolute Gasteiger partial charge is 0.390 e. The molecule has 2 atom stereocenters. The monoisotopic (exact) mass is 307 g/mol. The maximum atomic E-state index is 10.6. The van der Waals surface area contributed by atoms with Crippen LogP contribution >= 0.6 is 27.5 Å². The summed E-state index contributed by atoms with van der Waals surface area (Å²) >= 11 is 9.04. The van der Waals surface area contributed by atoms with E-state index in [1.807, 2.05) is 0 Å². The molecule has 4 N–H and O–H groups in total. The van der Waals surface area contributed by atoms with Gasteiger partial charge in [-0.2, -0.15) is 0 Å². The minimum Gasteiger partial charge on any atom is -0.390 e. The Hall–Kier alpha value is -0.620. The normalized spacial score (nSPS) is 14.5. The van der Waals surface area contributed by atoms with Gasteiger partial charge < -0.3 is 15.9 Å². The van der Waals surface area contributed by atoms with E-state index in [9.17, 15) is 15.0 Å². The van der Waals surface area contributed by atoms with Gasteiger partial charge in [0.2, 0.25) is 5.91 Å². The minimum atomic E-state index is -1.23. The molecule has 2 unspecified atom stereocenters. The van der Waals surface area contributed by atoms with Crippen LogP contribution < -0.4 is 5.73 Å². The second-order valence-electron chi connectivity index (χ2n) is 3.36. The van der Waals surface area contributed by atoms with Crippen molar-refractivity contribution >= 4 is 33.4 Å².